The summed E-state index contributed by atoms with van der Waals surface area (Å²) in [6.07, 6.45) is 1.81. The van der Waals surface area contributed by atoms with Crippen LogP contribution >= 0.6 is 39.7 Å². The van der Waals surface area contributed by atoms with Crippen LogP contribution in [0.15, 0.2) is 77.4 Å². The number of ether oxygens (including phenoxy) is 2. The van der Waals surface area contributed by atoms with Crippen molar-refractivity contribution in [2.75, 3.05) is 25.2 Å². The maximum atomic E-state index is 6.66. The fraction of sp³-hybridized carbons (Fsp3) is 0.241. The highest BCUT2D eigenvalue weighted by Gasteiger charge is 2.42. The fourth-order valence-corrected chi connectivity index (χ4v) is 6.00. The van der Waals surface area contributed by atoms with Crippen molar-refractivity contribution >= 4 is 50.5 Å². The van der Waals surface area contributed by atoms with Gasteiger partial charge in [0.15, 0.2) is 5.11 Å². The molecule has 38 heavy (non-hydrogen) atoms. The highest BCUT2D eigenvalue weighted by molar-refractivity contribution is 9.10. The summed E-state index contributed by atoms with van der Waals surface area (Å²) >= 11 is 16.2. The van der Waals surface area contributed by atoms with Crippen LogP contribution in [0.5, 0.6) is 5.75 Å². The molecule has 2 unspecified atom stereocenters. The molecule has 0 aliphatic carbocycles. The first kappa shape index (κ1) is 26.7. The minimum absolute atomic E-state index is 0.152. The van der Waals surface area contributed by atoms with Gasteiger partial charge in [-0.15, -0.1) is 0 Å². The third-order valence-corrected chi connectivity index (χ3v) is 7.80. The summed E-state index contributed by atoms with van der Waals surface area (Å²) in [6, 6.07) is 22.0. The first-order chi connectivity index (χ1) is 18.4. The molecular formula is C29H28BrClN4O2S. The number of rotatable bonds is 8. The average Bonchev–Trinajstić information content (AvgIpc) is 3.40. The predicted octanol–water partition coefficient (Wildman–Crippen LogP) is 7.11. The second-order valence-corrected chi connectivity index (χ2v) is 10.8. The largest absolute Gasteiger partial charge is 0.490 e. The molecule has 6 nitrogen and oxygen atoms in total. The second kappa shape index (κ2) is 11.5. The predicted molar refractivity (Wildman–Crippen MR) is 160 cm³/mol. The van der Waals surface area contributed by atoms with Crippen molar-refractivity contribution in [2.45, 2.75) is 25.9 Å². The molecule has 1 saturated heterocycles. The molecule has 2 aromatic heterocycles. The Morgan fingerprint density at radius 1 is 1.03 bits per heavy atom. The van der Waals surface area contributed by atoms with Gasteiger partial charge in [-0.05, 0) is 86.2 Å². The Morgan fingerprint density at radius 2 is 1.87 bits per heavy atom. The van der Waals surface area contributed by atoms with Crippen LogP contribution < -0.4 is 15.0 Å². The molecule has 5 rings (SSSR count). The average molecular weight is 612 g/mol. The normalized spacial score (nSPS) is 17.1. The van der Waals surface area contributed by atoms with Gasteiger partial charge in [-0.3, -0.25) is 4.98 Å². The number of nitrogens with one attached hydrogen (secondary N) is 1. The van der Waals surface area contributed by atoms with E-state index in [4.69, 9.17) is 33.3 Å². The molecule has 0 radical (unpaired) electrons. The number of pyridine rings is 1. The second-order valence-electron chi connectivity index (χ2n) is 9.09. The van der Waals surface area contributed by atoms with E-state index in [1.165, 1.54) is 0 Å². The molecule has 3 heterocycles. The molecule has 1 aliphatic heterocycles. The zero-order valence-corrected chi connectivity index (χ0v) is 24.5. The first-order valence-electron chi connectivity index (χ1n) is 12.3. The van der Waals surface area contributed by atoms with Gasteiger partial charge in [0.2, 0.25) is 0 Å². The Bertz CT molecular complexity index is 1460. The van der Waals surface area contributed by atoms with Crippen molar-refractivity contribution < 1.29 is 9.47 Å². The minimum atomic E-state index is -0.156. The molecule has 0 bridgehead atoms. The first-order valence-corrected chi connectivity index (χ1v) is 13.8. The van der Waals surface area contributed by atoms with Crippen LogP contribution in [0.2, 0.25) is 5.02 Å². The topological polar surface area (TPSA) is 51.6 Å². The van der Waals surface area contributed by atoms with Crippen LogP contribution in [-0.4, -0.2) is 35.0 Å². The molecule has 196 valence electrons. The van der Waals surface area contributed by atoms with Gasteiger partial charge in [0.05, 0.1) is 29.4 Å². The van der Waals surface area contributed by atoms with Gasteiger partial charge in [0.25, 0.3) is 0 Å². The Labute approximate surface area is 241 Å². The third-order valence-electron chi connectivity index (χ3n) is 6.69. The monoisotopic (exact) mass is 610 g/mol. The molecule has 2 atom stereocenters. The van der Waals surface area contributed by atoms with Gasteiger partial charge in [-0.2, -0.15) is 0 Å². The van der Waals surface area contributed by atoms with Crippen LogP contribution in [0.3, 0.4) is 0 Å². The van der Waals surface area contributed by atoms with Crippen LogP contribution in [0.4, 0.5) is 5.69 Å². The van der Waals surface area contributed by atoms with E-state index >= 15 is 0 Å². The molecule has 1 fully saturated rings. The Hall–Kier alpha value is -2.91. The van der Waals surface area contributed by atoms with Crippen molar-refractivity contribution in [1.29, 1.82) is 0 Å². The van der Waals surface area contributed by atoms with Crippen molar-refractivity contribution in [1.82, 2.24) is 14.9 Å². The van der Waals surface area contributed by atoms with E-state index in [2.05, 4.69) is 67.7 Å². The van der Waals surface area contributed by atoms with Crippen LogP contribution in [0, 0.1) is 13.8 Å². The lowest BCUT2D eigenvalue weighted by Crippen LogP contribution is -2.29. The van der Waals surface area contributed by atoms with Crippen molar-refractivity contribution in [3.05, 3.63) is 105 Å². The zero-order chi connectivity index (χ0) is 26.8. The Morgan fingerprint density at radius 3 is 2.58 bits per heavy atom. The summed E-state index contributed by atoms with van der Waals surface area (Å²) in [7, 11) is 1.64. The van der Waals surface area contributed by atoms with E-state index in [0.717, 1.165) is 38.5 Å². The van der Waals surface area contributed by atoms with Gasteiger partial charge in [-0.25, -0.2) is 0 Å². The summed E-state index contributed by atoms with van der Waals surface area (Å²) in [4.78, 5) is 6.81. The summed E-state index contributed by atoms with van der Waals surface area (Å²) in [5.41, 5.74) is 6.31. The van der Waals surface area contributed by atoms with Gasteiger partial charge < -0.3 is 24.3 Å². The maximum Gasteiger partial charge on any atom is 0.174 e. The Balaban J connectivity index is 1.61. The molecule has 4 aromatic rings. The SMILES string of the molecule is COCCOc1ccc(N2C(=S)NC(c3ccccn3)C2c2cc(C)n(-c3cccc(Br)c3)c2C)cc1Cl. The number of halogens is 2. The van der Waals surface area contributed by atoms with Gasteiger partial charge in [0, 0.05) is 40.5 Å². The van der Waals surface area contributed by atoms with E-state index in [0.29, 0.717) is 29.1 Å². The molecule has 0 amide bonds. The quantitative estimate of drug-likeness (QED) is 0.169. The van der Waals surface area contributed by atoms with Crippen molar-refractivity contribution in [3.8, 4) is 11.4 Å². The van der Waals surface area contributed by atoms with E-state index in [1.807, 2.05) is 54.7 Å². The lowest BCUT2D eigenvalue weighted by atomic mass is 9.96. The molecule has 1 aliphatic rings. The number of aryl methyl sites for hydroxylation is 1. The maximum absolute atomic E-state index is 6.66. The molecular weight excluding hydrogens is 584 g/mol. The van der Waals surface area contributed by atoms with Crippen LogP contribution in [0.1, 0.15) is 34.7 Å². The lowest BCUT2D eigenvalue weighted by Gasteiger charge is -2.28. The standard InChI is InChI=1S/C29H28BrClN4O2S/c1-18-15-23(19(2)34(18)21-8-6-7-20(30)16-21)28-27(25-9-4-5-12-32-25)33-29(38)35(28)22-10-11-26(24(31)17-22)37-14-13-36-3/h4-12,15-17,27-28H,13-14H2,1-3H3,(H,33,38). The number of anilines is 1. The highest BCUT2D eigenvalue weighted by atomic mass is 79.9. The Kier molecular flexibility index (Phi) is 8.04. The van der Waals surface area contributed by atoms with E-state index in [1.54, 1.807) is 7.11 Å². The number of nitrogens with zero attached hydrogens (tertiary/aromatic N) is 3. The summed E-state index contributed by atoms with van der Waals surface area (Å²) in [6.45, 7) is 5.18. The molecule has 1 N–H and O–H groups in total. The number of hydrogen-bond acceptors (Lipinski definition) is 4. The smallest absolute Gasteiger partial charge is 0.174 e. The van der Waals surface area contributed by atoms with Gasteiger partial charge >= 0.3 is 0 Å². The zero-order valence-electron chi connectivity index (χ0n) is 21.3. The number of benzene rings is 2. The lowest BCUT2D eigenvalue weighted by molar-refractivity contribution is 0.146. The van der Waals surface area contributed by atoms with Crippen LogP contribution in [-0.2, 0) is 4.74 Å². The molecule has 0 saturated carbocycles. The molecule has 0 spiro atoms. The molecule has 2 aromatic carbocycles. The summed E-state index contributed by atoms with van der Waals surface area (Å²) < 4.78 is 14.2. The summed E-state index contributed by atoms with van der Waals surface area (Å²) in [5, 5.41) is 4.66. The fourth-order valence-electron chi connectivity index (χ4n) is 5.04. The number of aromatic nitrogens is 2. The van der Waals surface area contributed by atoms with E-state index in [-0.39, 0.29) is 12.1 Å². The van der Waals surface area contributed by atoms with Gasteiger partial charge in [-0.1, -0.05) is 39.7 Å². The van der Waals surface area contributed by atoms with E-state index < -0.39 is 0 Å². The summed E-state index contributed by atoms with van der Waals surface area (Å²) in [5.74, 6) is 0.608. The van der Waals surface area contributed by atoms with Crippen molar-refractivity contribution in [2.24, 2.45) is 0 Å². The number of hydrogen-bond donors (Lipinski definition) is 1. The number of thiocarbonyl (C=S) groups is 1. The highest BCUT2D eigenvalue weighted by Crippen LogP contribution is 2.45. The third kappa shape index (κ3) is 5.18. The van der Waals surface area contributed by atoms with E-state index in [9.17, 15) is 0 Å². The minimum Gasteiger partial charge on any atom is -0.490 e. The molecule has 9 heteroatoms. The van der Waals surface area contributed by atoms with Crippen LogP contribution in [0.25, 0.3) is 5.69 Å². The van der Waals surface area contributed by atoms with Crippen molar-refractivity contribution in [3.63, 3.8) is 0 Å². The number of methoxy groups -OCH3 is 1. The van der Waals surface area contributed by atoms with Gasteiger partial charge in [0.1, 0.15) is 12.4 Å².